The van der Waals surface area contributed by atoms with Crippen molar-refractivity contribution >= 4 is 5.69 Å². The van der Waals surface area contributed by atoms with Crippen molar-refractivity contribution in [1.29, 1.82) is 0 Å². The molecule has 0 aliphatic carbocycles. The van der Waals surface area contributed by atoms with Crippen LogP contribution in [0.25, 0.3) is 0 Å². The quantitative estimate of drug-likeness (QED) is 0.667. The second-order valence-electron chi connectivity index (χ2n) is 1.94. The minimum Gasteiger partial charge on any atom is -0.383 e. The molecule has 10 heavy (non-hydrogen) atoms. The third kappa shape index (κ3) is 2.09. The Bertz CT molecular complexity index is 314. The van der Waals surface area contributed by atoms with E-state index in [2.05, 4.69) is 5.32 Å². The van der Waals surface area contributed by atoms with Gasteiger partial charge in [-0.25, -0.2) is 0 Å². The van der Waals surface area contributed by atoms with Crippen molar-refractivity contribution in [3.63, 3.8) is 0 Å². The lowest BCUT2D eigenvalue weighted by Gasteiger charge is -2.08. The Hall–Kier alpha value is -0.980. The van der Waals surface area contributed by atoms with Crippen LogP contribution in [0.1, 0.15) is 21.9 Å². The fourth-order valence-corrected chi connectivity index (χ4v) is 0.701. The lowest BCUT2D eigenvalue weighted by atomic mass is 10.3. The van der Waals surface area contributed by atoms with Gasteiger partial charge in [0.1, 0.15) is 0 Å². The van der Waals surface area contributed by atoms with Crippen molar-refractivity contribution in [1.82, 2.24) is 0 Å². The summed E-state index contributed by atoms with van der Waals surface area (Å²) in [7, 11) is 0. The summed E-state index contributed by atoms with van der Waals surface area (Å²) in [6, 6.07) is 6.89. The Morgan fingerprint density at radius 3 is 2.60 bits per heavy atom. The summed E-state index contributed by atoms with van der Waals surface area (Å²) in [4.78, 5) is 0. The topological polar surface area (TPSA) is 12.0 Å². The maximum absolute atomic E-state index is 7.20. The summed E-state index contributed by atoms with van der Waals surface area (Å²) >= 11 is 0. The molecule has 1 nitrogen and oxygen atoms in total. The third-order valence-corrected chi connectivity index (χ3v) is 1.08. The van der Waals surface area contributed by atoms with Crippen molar-refractivity contribution in [2.45, 2.75) is 19.7 Å². The van der Waals surface area contributed by atoms with Crippen LogP contribution in [0, 0.1) is 0 Å². The molecule has 54 valence electrons. The van der Waals surface area contributed by atoms with Gasteiger partial charge in [0.25, 0.3) is 0 Å². The molecule has 0 atom stereocenters. The van der Waals surface area contributed by atoms with E-state index in [-0.39, 0.29) is 0 Å². The Balaban J connectivity index is 2.89. The highest BCUT2D eigenvalue weighted by Crippen LogP contribution is 2.05. The van der Waals surface area contributed by atoms with Gasteiger partial charge in [-0.3, -0.25) is 0 Å². The highest BCUT2D eigenvalue weighted by molar-refractivity contribution is 5.42. The van der Waals surface area contributed by atoms with Crippen LogP contribution >= 0.6 is 0 Å². The Labute approximate surface area is 70.5 Å². The molecule has 1 heteroatoms. The Morgan fingerprint density at radius 1 is 1.30 bits per heavy atom. The normalized spacial score (nSPS) is 21.3. The average Bonchev–Trinajstić information content (AvgIpc) is 2.12. The van der Waals surface area contributed by atoms with Crippen LogP contribution in [0.15, 0.2) is 30.3 Å². The summed E-state index contributed by atoms with van der Waals surface area (Å²) in [5.41, 5.74) is 0.486. The third-order valence-electron chi connectivity index (χ3n) is 1.08. The van der Waals surface area contributed by atoms with Crippen molar-refractivity contribution in [3.8, 4) is 0 Å². The van der Waals surface area contributed by atoms with Gasteiger partial charge in [0.15, 0.2) is 0 Å². The van der Waals surface area contributed by atoms with E-state index in [1.54, 1.807) is 30.3 Å². The van der Waals surface area contributed by atoms with Crippen molar-refractivity contribution in [2.75, 3.05) is 5.32 Å². The number of nitrogens with one attached hydrogen (secondary N) is 1. The Morgan fingerprint density at radius 2 is 2.00 bits per heavy atom. The number of anilines is 1. The molecule has 0 aliphatic rings. The van der Waals surface area contributed by atoms with E-state index in [0.717, 1.165) is 0 Å². The van der Waals surface area contributed by atoms with E-state index in [0.29, 0.717) is 5.69 Å². The number of hydrogen-bond acceptors (Lipinski definition) is 1. The van der Waals surface area contributed by atoms with Crippen LogP contribution in [0.3, 0.4) is 0 Å². The first kappa shape index (κ1) is 2.57. The average molecular weight is 141 g/mol. The van der Waals surface area contributed by atoms with E-state index in [1.807, 2.05) is 0 Å². The molecule has 0 fully saturated rings. The van der Waals surface area contributed by atoms with E-state index in [1.165, 1.54) is 0 Å². The highest BCUT2D eigenvalue weighted by Gasteiger charge is 1.90. The molecule has 0 saturated carbocycles. The molecule has 0 aromatic heterocycles. The van der Waals surface area contributed by atoms with Crippen molar-refractivity contribution < 1.29 is 8.22 Å². The lowest BCUT2D eigenvalue weighted by Crippen LogP contribution is -2.08. The number of rotatable bonds is 2. The maximum Gasteiger partial charge on any atom is 0.0342 e. The van der Waals surface area contributed by atoms with Crippen LogP contribution in [0.5, 0.6) is 0 Å². The van der Waals surface area contributed by atoms with Gasteiger partial charge in [-0.05, 0) is 25.8 Å². The smallest absolute Gasteiger partial charge is 0.0342 e. The summed E-state index contributed by atoms with van der Waals surface area (Å²) < 4.78 is 43.2. The molecule has 0 bridgehead atoms. The molecule has 0 radical (unpaired) electrons. The van der Waals surface area contributed by atoms with Crippen molar-refractivity contribution in [3.05, 3.63) is 30.3 Å². The summed E-state index contributed by atoms with van der Waals surface area (Å²) in [6.45, 7) is -5.14. The molecule has 1 aromatic carbocycles. The zero-order valence-corrected chi connectivity index (χ0v) is 5.46. The second kappa shape index (κ2) is 3.25. The van der Waals surface area contributed by atoms with Gasteiger partial charge in [-0.2, -0.15) is 0 Å². The van der Waals surface area contributed by atoms with Crippen LogP contribution in [-0.2, 0) is 0 Å². The molecule has 0 saturated heterocycles. The van der Waals surface area contributed by atoms with Gasteiger partial charge in [-0.15, -0.1) is 0 Å². The predicted molar refractivity (Wildman–Crippen MR) is 45.2 cm³/mol. The van der Waals surface area contributed by atoms with Crippen LogP contribution < -0.4 is 5.32 Å². The molecule has 0 amide bonds. The van der Waals surface area contributed by atoms with E-state index >= 15 is 0 Å². The zero-order valence-electron chi connectivity index (χ0n) is 11.5. The molecule has 0 unspecified atom stereocenters. The first-order valence-corrected chi connectivity index (χ1v) is 3.03. The Kier molecular flexibility index (Phi) is 0.837. The van der Waals surface area contributed by atoms with Gasteiger partial charge in [0.05, 0.1) is 0 Å². The van der Waals surface area contributed by atoms with Gasteiger partial charge in [-0.1, -0.05) is 18.2 Å². The molecule has 1 rings (SSSR count). The monoisotopic (exact) mass is 141 g/mol. The first-order valence-electron chi connectivity index (χ1n) is 6.03. The van der Waals surface area contributed by atoms with Gasteiger partial charge < -0.3 is 5.32 Å². The molecular weight excluding hydrogens is 122 g/mol. The van der Waals surface area contributed by atoms with Gasteiger partial charge >= 0.3 is 0 Å². The van der Waals surface area contributed by atoms with Crippen LogP contribution in [0.2, 0.25) is 0 Å². The summed E-state index contributed by atoms with van der Waals surface area (Å²) in [6.07, 6.45) is 0. The number of benzene rings is 1. The molecule has 0 spiro atoms. The molecule has 1 aromatic rings. The fourth-order valence-electron chi connectivity index (χ4n) is 0.701. The predicted octanol–water partition coefficient (Wildman–Crippen LogP) is 2.51. The molecule has 1 N–H and O–H groups in total. The number of para-hydroxylation sites is 1. The largest absolute Gasteiger partial charge is 0.383 e. The standard InChI is InChI=1S/C9H13N/c1-8(2)10-9-6-4-3-5-7-9/h3-8,10H,1-2H3/i1D3,2D3. The summed E-state index contributed by atoms with van der Waals surface area (Å²) in [5.74, 6) is 0. The second-order valence-corrected chi connectivity index (χ2v) is 1.94. The van der Waals surface area contributed by atoms with Crippen LogP contribution in [-0.4, -0.2) is 6.04 Å². The lowest BCUT2D eigenvalue weighted by molar-refractivity contribution is 0.900. The maximum atomic E-state index is 7.20. The van der Waals surface area contributed by atoms with E-state index in [9.17, 15) is 0 Å². The van der Waals surface area contributed by atoms with Crippen LogP contribution in [0.4, 0.5) is 5.69 Å². The van der Waals surface area contributed by atoms with E-state index < -0.39 is 19.7 Å². The highest BCUT2D eigenvalue weighted by atomic mass is 14.9. The zero-order chi connectivity index (χ0) is 12.4. The van der Waals surface area contributed by atoms with Gasteiger partial charge in [0.2, 0.25) is 0 Å². The minimum absolute atomic E-state index is 0.486. The SMILES string of the molecule is [2H]C([2H])([2H])C(Nc1ccccc1)C([2H])([2H])[2H]. The van der Waals surface area contributed by atoms with Crippen molar-refractivity contribution in [2.24, 2.45) is 0 Å². The van der Waals surface area contributed by atoms with E-state index in [4.69, 9.17) is 8.22 Å². The summed E-state index contributed by atoms with van der Waals surface area (Å²) in [5, 5.41) is 2.53. The minimum atomic E-state index is -2.57. The fraction of sp³-hybridized carbons (Fsp3) is 0.333. The van der Waals surface area contributed by atoms with Gasteiger partial charge in [0, 0.05) is 20.0 Å². The first-order chi connectivity index (χ1) is 7.21. The number of hydrogen-bond donors (Lipinski definition) is 1. The molecular formula is C9H13N. The molecule has 0 heterocycles. The molecule has 0 aliphatic heterocycles.